The van der Waals surface area contributed by atoms with Crippen molar-refractivity contribution in [2.45, 2.75) is 51.1 Å². The third-order valence-corrected chi connectivity index (χ3v) is 7.26. The van der Waals surface area contributed by atoms with Crippen molar-refractivity contribution >= 4 is 23.1 Å². The topological polar surface area (TPSA) is 93.9 Å². The maximum absolute atomic E-state index is 13.1. The van der Waals surface area contributed by atoms with E-state index in [4.69, 9.17) is 9.47 Å². The van der Waals surface area contributed by atoms with Gasteiger partial charge in [-0.05, 0) is 42.8 Å². The van der Waals surface area contributed by atoms with E-state index in [2.05, 4.69) is 20.4 Å². The largest absolute Gasteiger partial charge is 0.488 e. The van der Waals surface area contributed by atoms with E-state index in [-0.39, 0.29) is 29.9 Å². The predicted octanol–water partition coefficient (Wildman–Crippen LogP) is 5.02. The summed E-state index contributed by atoms with van der Waals surface area (Å²) in [5.74, 6) is 1.10. The molecule has 12 heteroatoms. The molecule has 2 aliphatic heterocycles. The highest BCUT2D eigenvalue weighted by Gasteiger charge is 2.41. The number of fused-ring (bicyclic) bond motifs is 3. The first-order valence-electron chi connectivity index (χ1n) is 12.9. The second-order valence-electron chi connectivity index (χ2n) is 10.2. The molecule has 2 saturated heterocycles. The van der Waals surface area contributed by atoms with E-state index in [1.54, 1.807) is 29.9 Å². The van der Waals surface area contributed by atoms with Gasteiger partial charge < -0.3 is 19.7 Å². The van der Waals surface area contributed by atoms with E-state index in [9.17, 15) is 18.0 Å². The molecule has 6 heterocycles. The summed E-state index contributed by atoms with van der Waals surface area (Å²) in [6, 6.07) is 9.35. The molecule has 40 heavy (non-hydrogen) atoms. The number of amides is 1. The van der Waals surface area contributed by atoms with Crippen molar-refractivity contribution in [2.75, 3.05) is 18.5 Å². The normalized spacial score (nSPS) is 20.9. The second kappa shape index (κ2) is 10.1. The smallest absolute Gasteiger partial charge is 0.416 e. The summed E-state index contributed by atoms with van der Waals surface area (Å²) >= 11 is 0. The summed E-state index contributed by atoms with van der Waals surface area (Å²) in [7, 11) is 0. The zero-order valence-electron chi connectivity index (χ0n) is 21.9. The standard InChI is InChI=1S/C28H27F3N6O3/c1-16-7-24(25(13-33-16)40-23-10-21-14-39-15-22(11-23)37(21)17(2)38)18-4-6-36-20(8-18)12-27(35-36)34-26-9-19(3-5-32-26)28(29,30)31/h3-9,12-13,21-23H,10-11,14-15H2,1-2H3,(H,32,34,35). The highest BCUT2D eigenvalue weighted by atomic mass is 19.4. The fraction of sp³-hybridized carbons (Fsp3) is 0.357. The van der Waals surface area contributed by atoms with Crippen LogP contribution in [-0.4, -0.2) is 61.8 Å². The highest BCUT2D eigenvalue weighted by molar-refractivity contribution is 5.76. The lowest BCUT2D eigenvalue weighted by Gasteiger charge is -2.47. The number of aromatic nitrogens is 4. The third kappa shape index (κ3) is 5.18. The molecular weight excluding hydrogens is 525 g/mol. The van der Waals surface area contributed by atoms with Gasteiger partial charge in [-0.3, -0.25) is 9.78 Å². The van der Waals surface area contributed by atoms with Gasteiger partial charge in [0.15, 0.2) is 5.82 Å². The van der Waals surface area contributed by atoms with Gasteiger partial charge >= 0.3 is 6.18 Å². The molecule has 0 radical (unpaired) electrons. The molecule has 208 valence electrons. The van der Waals surface area contributed by atoms with E-state index in [1.807, 2.05) is 30.0 Å². The summed E-state index contributed by atoms with van der Waals surface area (Å²) in [4.78, 5) is 22.5. The molecule has 2 unspecified atom stereocenters. The number of morpholine rings is 1. The molecule has 0 saturated carbocycles. The minimum atomic E-state index is -4.47. The van der Waals surface area contributed by atoms with Crippen molar-refractivity contribution in [3.05, 3.63) is 66.2 Å². The number of hydrogen-bond donors (Lipinski definition) is 1. The number of nitrogens with zero attached hydrogens (tertiary/aromatic N) is 5. The van der Waals surface area contributed by atoms with Crippen LogP contribution in [-0.2, 0) is 15.7 Å². The molecule has 0 aromatic carbocycles. The van der Waals surface area contributed by atoms with Crippen molar-refractivity contribution in [2.24, 2.45) is 0 Å². The lowest BCUT2D eigenvalue weighted by atomic mass is 9.91. The molecule has 4 aromatic heterocycles. The summed E-state index contributed by atoms with van der Waals surface area (Å²) in [6.07, 6.45) is 1.40. The SMILES string of the molecule is CC(=O)N1C2COCC1CC(Oc1cnc(C)cc1-c1ccn3nc(Nc4cc(C(F)(F)F)ccn4)cc3c1)C2. The molecule has 0 spiro atoms. The van der Waals surface area contributed by atoms with Crippen LogP contribution in [0.15, 0.2) is 55.0 Å². The quantitative estimate of drug-likeness (QED) is 0.372. The Morgan fingerprint density at radius 2 is 1.85 bits per heavy atom. The average molecular weight is 553 g/mol. The molecule has 4 aromatic rings. The van der Waals surface area contributed by atoms with Crippen LogP contribution in [0.25, 0.3) is 16.6 Å². The Kier molecular flexibility index (Phi) is 6.57. The fourth-order valence-corrected chi connectivity index (χ4v) is 5.55. The van der Waals surface area contributed by atoms with Crippen LogP contribution in [0.5, 0.6) is 5.75 Å². The van der Waals surface area contributed by atoms with Gasteiger partial charge in [-0.1, -0.05) is 0 Å². The van der Waals surface area contributed by atoms with Gasteiger partial charge in [0, 0.05) is 49.5 Å². The first-order valence-corrected chi connectivity index (χ1v) is 12.9. The lowest BCUT2D eigenvalue weighted by molar-refractivity contribution is -0.153. The number of pyridine rings is 3. The monoisotopic (exact) mass is 552 g/mol. The molecule has 2 aliphatic rings. The molecule has 1 N–H and O–H groups in total. The van der Waals surface area contributed by atoms with E-state index in [1.165, 1.54) is 0 Å². The zero-order chi connectivity index (χ0) is 28.0. The first kappa shape index (κ1) is 26.1. The van der Waals surface area contributed by atoms with Crippen LogP contribution in [0.4, 0.5) is 24.8 Å². The fourth-order valence-electron chi connectivity index (χ4n) is 5.55. The van der Waals surface area contributed by atoms with Crippen molar-refractivity contribution in [3.8, 4) is 16.9 Å². The van der Waals surface area contributed by atoms with Gasteiger partial charge in [-0.2, -0.15) is 18.3 Å². The number of rotatable bonds is 5. The summed E-state index contributed by atoms with van der Waals surface area (Å²) in [5, 5.41) is 7.27. The zero-order valence-corrected chi connectivity index (χ0v) is 21.9. The molecule has 0 aliphatic carbocycles. The number of anilines is 2. The molecular formula is C28H27F3N6O3. The molecule has 1 amide bonds. The lowest BCUT2D eigenvalue weighted by Crippen LogP contribution is -2.60. The Balaban J connectivity index is 1.25. The number of alkyl halides is 3. The highest BCUT2D eigenvalue weighted by Crippen LogP contribution is 2.36. The number of ether oxygens (including phenoxy) is 2. The number of halogens is 3. The Labute approximate surface area is 227 Å². The number of aryl methyl sites for hydroxylation is 1. The minimum Gasteiger partial charge on any atom is -0.488 e. The van der Waals surface area contributed by atoms with Gasteiger partial charge in [-0.25, -0.2) is 9.50 Å². The summed E-state index contributed by atoms with van der Waals surface area (Å²) < 4.78 is 53.1. The number of nitrogens with one attached hydrogen (secondary N) is 1. The van der Waals surface area contributed by atoms with Gasteiger partial charge in [0.1, 0.15) is 17.7 Å². The Morgan fingerprint density at radius 1 is 1.07 bits per heavy atom. The number of carbonyl (C=O) groups is 1. The summed E-state index contributed by atoms with van der Waals surface area (Å²) in [5.41, 5.74) is 2.50. The van der Waals surface area contributed by atoms with Crippen LogP contribution < -0.4 is 10.1 Å². The number of hydrogen-bond acceptors (Lipinski definition) is 7. The van der Waals surface area contributed by atoms with Crippen LogP contribution in [0.1, 0.15) is 31.0 Å². The number of carbonyl (C=O) groups excluding carboxylic acids is 1. The first-order chi connectivity index (χ1) is 19.1. The maximum Gasteiger partial charge on any atom is 0.416 e. The van der Waals surface area contributed by atoms with E-state index in [0.717, 1.165) is 40.7 Å². The Bertz CT molecular complexity index is 1560. The Hall–Kier alpha value is -4.19. The van der Waals surface area contributed by atoms with Crippen LogP contribution in [0, 0.1) is 6.92 Å². The maximum atomic E-state index is 13.1. The summed E-state index contributed by atoms with van der Waals surface area (Å²) in [6.45, 7) is 4.50. The third-order valence-electron chi connectivity index (χ3n) is 7.26. The van der Waals surface area contributed by atoms with E-state index >= 15 is 0 Å². The predicted molar refractivity (Wildman–Crippen MR) is 140 cm³/mol. The molecule has 6 rings (SSSR count). The second-order valence-corrected chi connectivity index (χ2v) is 10.2. The van der Waals surface area contributed by atoms with Crippen molar-refractivity contribution < 1.29 is 27.4 Å². The van der Waals surface area contributed by atoms with Crippen LogP contribution in [0.3, 0.4) is 0 Å². The van der Waals surface area contributed by atoms with E-state index in [0.29, 0.717) is 37.6 Å². The average Bonchev–Trinajstić information content (AvgIpc) is 3.30. The van der Waals surface area contributed by atoms with Gasteiger partial charge in [0.2, 0.25) is 5.91 Å². The van der Waals surface area contributed by atoms with Gasteiger partial charge in [-0.15, -0.1) is 0 Å². The number of piperidine rings is 1. The van der Waals surface area contributed by atoms with Crippen LogP contribution >= 0.6 is 0 Å². The van der Waals surface area contributed by atoms with Gasteiger partial charge in [0.25, 0.3) is 0 Å². The Morgan fingerprint density at radius 3 is 2.58 bits per heavy atom. The van der Waals surface area contributed by atoms with E-state index < -0.39 is 11.7 Å². The van der Waals surface area contributed by atoms with Crippen molar-refractivity contribution in [3.63, 3.8) is 0 Å². The molecule has 2 fully saturated rings. The van der Waals surface area contributed by atoms with Crippen molar-refractivity contribution in [1.82, 2.24) is 24.5 Å². The molecule has 2 bridgehead atoms. The molecule has 9 nitrogen and oxygen atoms in total. The molecule has 2 atom stereocenters. The minimum absolute atomic E-state index is 0.0164. The van der Waals surface area contributed by atoms with Crippen molar-refractivity contribution in [1.29, 1.82) is 0 Å². The van der Waals surface area contributed by atoms with Crippen LogP contribution in [0.2, 0.25) is 0 Å². The van der Waals surface area contributed by atoms with Gasteiger partial charge in [0.05, 0.1) is 42.6 Å².